The Morgan fingerprint density at radius 3 is 3.04 bits per heavy atom. The van der Waals surface area contributed by atoms with Crippen molar-refractivity contribution in [2.24, 2.45) is 4.99 Å². The molecular weight excluding hydrogens is 439 g/mol. The van der Waals surface area contributed by atoms with E-state index in [-0.39, 0.29) is 24.0 Å². The minimum absolute atomic E-state index is 0. The van der Waals surface area contributed by atoms with E-state index in [0.717, 1.165) is 63.1 Å². The number of halogens is 1. The van der Waals surface area contributed by atoms with E-state index in [4.69, 9.17) is 9.47 Å². The molecule has 2 rings (SSSR count). The zero-order valence-electron chi connectivity index (χ0n) is 14.5. The van der Waals surface area contributed by atoms with E-state index >= 15 is 0 Å². The lowest BCUT2D eigenvalue weighted by molar-refractivity contribution is 0.0168. The van der Waals surface area contributed by atoms with Crippen molar-refractivity contribution in [1.82, 2.24) is 15.6 Å². The lowest BCUT2D eigenvalue weighted by Crippen LogP contribution is -2.38. The number of nitrogens with one attached hydrogen (secondary N) is 2. The third kappa shape index (κ3) is 8.59. The number of ether oxygens (including phenoxy) is 2. The van der Waals surface area contributed by atoms with Gasteiger partial charge in [-0.15, -0.1) is 35.3 Å². The Morgan fingerprint density at radius 2 is 2.38 bits per heavy atom. The van der Waals surface area contributed by atoms with Gasteiger partial charge in [-0.2, -0.15) is 0 Å². The van der Waals surface area contributed by atoms with E-state index in [0.29, 0.717) is 12.6 Å². The summed E-state index contributed by atoms with van der Waals surface area (Å²) in [5, 5.41) is 7.62. The van der Waals surface area contributed by atoms with Crippen LogP contribution >= 0.6 is 35.3 Å². The first kappa shape index (κ1) is 21.6. The molecule has 0 saturated carbocycles. The number of rotatable bonds is 9. The van der Waals surface area contributed by atoms with Crippen LogP contribution in [0.15, 0.2) is 11.2 Å². The minimum atomic E-state index is 0. The molecule has 0 aromatic carbocycles. The first-order valence-corrected chi connectivity index (χ1v) is 9.22. The molecule has 1 saturated heterocycles. The van der Waals surface area contributed by atoms with E-state index < -0.39 is 0 Å². The Labute approximate surface area is 165 Å². The summed E-state index contributed by atoms with van der Waals surface area (Å²) in [6, 6.07) is 0. The van der Waals surface area contributed by atoms with E-state index in [9.17, 15) is 0 Å². The second kappa shape index (κ2) is 12.8. The maximum Gasteiger partial charge on any atom is 0.191 e. The third-order valence-corrected chi connectivity index (χ3v) is 4.37. The van der Waals surface area contributed by atoms with Gasteiger partial charge in [0.15, 0.2) is 5.96 Å². The number of guanidine groups is 1. The average molecular weight is 468 g/mol. The van der Waals surface area contributed by atoms with Crippen LogP contribution in [0.5, 0.6) is 0 Å². The molecule has 0 spiro atoms. The van der Waals surface area contributed by atoms with E-state index in [1.165, 1.54) is 4.88 Å². The molecule has 2 N–H and O–H groups in total. The fraction of sp³-hybridized carbons (Fsp3) is 0.750. The molecule has 8 heteroatoms. The van der Waals surface area contributed by atoms with Gasteiger partial charge in [0.1, 0.15) is 5.01 Å². The summed E-state index contributed by atoms with van der Waals surface area (Å²) in [6.07, 6.45) is 5.44. The quantitative estimate of drug-likeness (QED) is 0.253. The van der Waals surface area contributed by atoms with Crippen molar-refractivity contribution < 1.29 is 9.47 Å². The van der Waals surface area contributed by atoms with Crippen molar-refractivity contribution >= 4 is 41.3 Å². The van der Waals surface area contributed by atoms with Gasteiger partial charge in [-0.3, -0.25) is 0 Å². The number of aromatic nitrogens is 1. The molecule has 6 nitrogen and oxygen atoms in total. The normalized spacial score (nSPS) is 17.6. The van der Waals surface area contributed by atoms with Gasteiger partial charge in [0.25, 0.3) is 0 Å². The van der Waals surface area contributed by atoms with Gasteiger partial charge < -0.3 is 20.1 Å². The first-order valence-electron chi connectivity index (χ1n) is 8.40. The van der Waals surface area contributed by atoms with Crippen LogP contribution in [0, 0.1) is 6.92 Å². The fourth-order valence-electron chi connectivity index (χ4n) is 2.33. The number of aliphatic imine (C=N–C) groups is 1. The van der Waals surface area contributed by atoms with Crippen molar-refractivity contribution in [3.05, 3.63) is 16.1 Å². The van der Waals surface area contributed by atoms with Crippen molar-refractivity contribution in [2.45, 2.75) is 45.8 Å². The maximum atomic E-state index is 5.66. The van der Waals surface area contributed by atoms with Crippen LogP contribution in [-0.2, 0) is 16.0 Å². The smallest absolute Gasteiger partial charge is 0.191 e. The molecule has 1 aliphatic rings. The summed E-state index contributed by atoms with van der Waals surface area (Å²) in [7, 11) is 0. The Bertz CT molecular complexity index is 478. The molecular formula is C16H29IN4O2S. The van der Waals surface area contributed by atoms with E-state index in [2.05, 4.69) is 34.5 Å². The maximum absolute atomic E-state index is 5.66. The molecule has 0 radical (unpaired) electrons. The molecule has 1 atom stereocenters. The van der Waals surface area contributed by atoms with Gasteiger partial charge in [-0.05, 0) is 33.1 Å². The summed E-state index contributed by atoms with van der Waals surface area (Å²) in [5.74, 6) is 0.833. The largest absolute Gasteiger partial charge is 0.379 e. The Morgan fingerprint density at radius 1 is 1.50 bits per heavy atom. The van der Waals surface area contributed by atoms with Crippen molar-refractivity contribution in [3.63, 3.8) is 0 Å². The fourth-order valence-corrected chi connectivity index (χ4v) is 3.05. The van der Waals surface area contributed by atoms with Crippen molar-refractivity contribution in [2.75, 3.05) is 32.9 Å². The van der Waals surface area contributed by atoms with E-state index in [1.807, 2.05) is 6.20 Å². The summed E-state index contributed by atoms with van der Waals surface area (Å²) in [4.78, 5) is 10.1. The molecule has 0 bridgehead atoms. The number of hydrogen-bond donors (Lipinski definition) is 2. The Hall–Kier alpha value is -0.450. The Kier molecular flexibility index (Phi) is 11.6. The van der Waals surface area contributed by atoms with Gasteiger partial charge in [0.05, 0.1) is 19.3 Å². The monoisotopic (exact) mass is 468 g/mol. The molecule has 0 aliphatic carbocycles. The molecule has 1 fully saturated rings. The second-order valence-corrected chi connectivity index (χ2v) is 6.87. The molecule has 1 aromatic rings. The third-order valence-electron chi connectivity index (χ3n) is 3.47. The highest BCUT2D eigenvalue weighted by atomic mass is 127. The molecule has 138 valence electrons. The summed E-state index contributed by atoms with van der Waals surface area (Å²) in [5.41, 5.74) is 0. The molecule has 1 aliphatic heterocycles. The van der Waals surface area contributed by atoms with Crippen LogP contribution in [0.3, 0.4) is 0 Å². The van der Waals surface area contributed by atoms with Crippen molar-refractivity contribution in [1.29, 1.82) is 0 Å². The molecule has 1 aromatic heterocycles. The highest BCUT2D eigenvalue weighted by Gasteiger charge is 2.14. The topological polar surface area (TPSA) is 67.8 Å². The summed E-state index contributed by atoms with van der Waals surface area (Å²) in [6.45, 7) is 8.78. The van der Waals surface area contributed by atoms with Gasteiger partial charge in [-0.1, -0.05) is 0 Å². The lowest BCUT2D eigenvalue weighted by atomic mass is 10.2. The van der Waals surface area contributed by atoms with Crippen LogP contribution < -0.4 is 10.6 Å². The first-order chi connectivity index (χ1) is 11.3. The zero-order valence-corrected chi connectivity index (χ0v) is 17.7. The molecule has 24 heavy (non-hydrogen) atoms. The molecule has 1 unspecified atom stereocenters. The summed E-state index contributed by atoms with van der Waals surface area (Å²) >= 11 is 1.69. The highest BCUT2D eigenvalue weighted by molar-refractivity contribution is 14.0. The van der Waals surface area contributed by atoms with Gasteiger partial charge in [0, 0.05) is 37.4 Å². The second-order valence-electron chi connectivity index (χ2n) is 5.55. The lowest BCUT2D eigenvalue weighted by Gasteiger charge is -2.12. The highest BCUT2D eigenvalue weighted by Crippen LogP contribution is 2.12. The van der Waals surface area contributed by atoms with E-state index in [1.54, 1.807) is 11.3 Å². The number of hydrogen-bond acceptors (Lipinski definition) is 5. The van der Waals surface area contributed by atoms with Gasteiger partial charge in [-0.25, -0.2) is 9.98 Å². The van der Waals surface area contributed by atoms with Gasteiger partial charge >= 0.3 is 0 Å². The molecule has 0 amide bonds. The van der Waals surface area contributed by atoms with Crippen LogP contribution in [0.1, 0.15) is 36.1 Å². The van der Waals surface area contributed by atoms with Crippen LogP contribution in [-0.4, -0.2) is 50.0 Å². The van der Waals surface area contributed by atoms with Gasteiger partial charge in [0.2, 0.25) is 0 Å². The minimum Gasteiger partial charge on any atom is -0.379 e. The van der Waals surface area contributed by atoms with Crippen LogP contribution in [0.25, 0.3) is 0 Å². The van der Waals surface area contributed by atoms with Crippen molar-refractivity contribution in [3.8, 4) is 0 Å². The standard InChI is InChI=1S/C16H28N4O2S.HI/c1-3-17-16(20-11-15-19-10-13(2)23-15)18-7-5-8-21-12-14-6-4-9-22-14;/h10,14H,3-9,11-12H2,1-2H3,(H2,17,18,20);1H. The average Bonchev–Trinajstić information content (AvgIpc) is 3.19. The predicted molar refractivity (Wildman–Crippen MR) is 109 cm³/mol. The van der Waals surface area contributed by atoms with Crippen LogP contribution in [0.4, 0.5) is 0 Å². The Balaban J connectivity index is 0.00000288. The molecule has 2 heterocycles. The van der Waals surface area contributed by atoms with Crippen LogP contribution in [0.2, 0.25) is 0 Å². The number of thiazole rings is 1. The summed E-state index contributed by atoms with van der Waals surface area (Å²) < 4.78 is 11.2. The zero-order chi connectivity index (χ0) is 16.3. The SMILES string of the molecule is CCNC(=NCc1ncc(C)s1)NCCCOCC1CCCO1.I. The number of aryl methyl sites for hydroxylation is 1. The predicted octanol–water partition coefficient (Wildman–Crippen LogP) is 2.71. The number of nitrogens with zero attached hydrogens (tertiary/aromatic N) is 2.